The van der Waals surface area contributed by atoms with Gasteiger partial charge in [-0.2, -0.15) is 0 Å². The van der Waals surface area contributed by atoms with Crippen LogP contribution in [0.3, 0.4) is 0 Å². The van der Waals surface area contributed by atoms with E-state index in [0.29, 0.717) is 31.2 Å². The number of phenols is 1. The molecular formula is C12H16ClNO3. The fourth-order valence-corrected chi connectivity index (χ4v) is 1.42. The van der Waals surface area contributed by atoms with Crippen molar-refractivity contribution in [1.82, 2.24) is 5.32 Å². The van der Waals surface area contributed by atoms with E-state index in [9.17, 15) is 9.90 Å². The summed E-state index contributed by atoms with van der Waals surface area (Å²) in [6, 6.07) is 6.79. The largest absolute Gasteiger partial charge is 0.508 e. The van der Waals surface area contributed by atoms with Crippen LogP contribution in [0.25, 0.3) is 0 Å². The molecular weight excluding hydrogens is 242 g/mol. The molecule has 0 aliphatic carbocycles. The molecule has 0 saturated carbocycles. The van der Waals surface area contributed by atoms with Crippen molar-refractivity contribution >= 4 is 17.5 Å². The number of rotatable bonds is 7. The number of para-hydroxylation sites is 1. The van der Waals surface area contributed by atoms with Crippen molar-refractivity contribution in [2.24, 2.45) is 0 Å². The Labute approximate surface area is 106 Å². The highest BCUT2D eigenvalue weighted by Crippen LogP contribution is 2.15. The molecule has 94 valence electrons. The molecule has 0 spiro atoms. The zero-order chi connectivity index (χ0) is 12.5. The van der Waals surface area contributed by atoms with E-state index in [1.807, 2.05) is 0 Å². The third kappa shape index (κ3) is 5.56. The van der Waals surface area contributed by atoms with Gasteiger partial charge in [0.05, 0.1) is 19.6 Å². The van der Waals surface area contributed by atoms with Gasteiger partial charge in [0.2, 0.25) is 5.91 Å². The first kappa shape index (κ1) is 13.8. The molecule has 0 atom stereocenters. The summed E-state index contributed by atoms with van der Waals surface area (Å²) in [5, 5.41) is 12.2. The van der Waals surface area contributed by atoms with Crippen LogP contribution in [-0.2, 0) is 16.0 Å². The number of halogens is 1. The number of amides is 1. The number of hydrogen-bond donors (Lipinski definition) is 2. The second-order valence-corrected chi connectivity index (χ2v) is 3.83. The second kappa shape index (κ2) is 7.92. The zero-order valence-electron chi connectivity index (χ0n) is 9.49. The maximum atomic E-state index is 11.5. The minimum atomic E-state index is -0.138. The molecule has 0 aromatic heterocycles. The van der Waals surface area contributed by atoms with Crippen LogP contribution in [-0.4, -0.2) is 36.7 Å². The van der Waals surface area contributed by atoms with Crippen LogP contribution in [0.15, 0.2) is 24.3 Å². The highest BCUT2D eigenvalue weighted by molar-refractivity contribution is 6.17. The molecule has 4 nitrogen and oxygen atoms in total. The molecule has 2 N–H and O–H groups in total. The quantitative estimate of drug-likeness (QED) is 0.572. The van der Waals surface area contributed by atoms with Gasteiger partial charge in [-0.1, -0.05) is 18.2 Å². The average Bonchev–Trinajstić information content (AvgIpc) is 2.32. The zero-order valence-corrected chi connectivity index (χ0v) is 10.2. The first-order valence-corrected chi connectivity index (χ1v) is 5.94. The van der Waals surface area contributed by atoms with Crippen LogP contribution < -0.4 is 5.32 Å². The maximum absolute atomic E-state index is 11.5. The van der Waals surface area contributed by atoms with E-state index in [4.69, 9.17) is 16.3 Å². The molecule has 0 unspecified atom stereocenters. The first-order valence-electron chi connectivity index (χ1n) is 5.41. The van der Waals surface area contributed by atoms with Crippen LogP contribution >= 0.6 is 11.6 Å². The molecule has 0 aliphatic rings. The standard InChI is InChI=1S/C12H16ClNO3/c13-5-7-17-8-6-14-12(16)9-10-3-1-2-4-11(10)15/h1-4,15H,5-9H2,(H,14,16). The molecule has 0 radical (unpaired) electrons. The number of hydrogen-bond acceptors (Lipinski definition) is 3. The lowest BCUT2D eigenvalue weighted by Crippen LogP contribution is -2.28. The Bertz CT molecular complexity index is 357. The van der Waals surface area contributed by atoms with Crippen molar-refractivity contribution < 1.29 is 14.6 Å². The lowest BCUT2D eigenvalue weighted by atomic mass is 10.1. The van der Waals surface area contributed by atoms with Gasteiger partial charge >= 0.3 is 0 Å². The summed E-state index contributed by atoms with van der Waals surface area (Å²) in [5.41, 5.74) is 0.617. The number of alkyl halides is 1. The second-order valence-electron chi connectivity index (χ2n) is 3.46. The van der Waals surface area contributed by atoms with Gasteiger partial charge in [-0.25, -0.2) is 0 Å². The Morgan fingerprint density at radius 1 is 1.35 bits per heavy atom. The minimum absolute atomic E-state index is 0.138. The van der Waals surface area contributed by atoms with Crippen molar-refractivity contribution in [1.29, 1.82) is 0 Å². The lowest BCUT2D eigenvalue weighted by molar-refractivity contribution is -0.120. The van der Waals surface area contributed by atoms with Crippen LogP contribution in [0.4, 0.5) is 0 Å². The molecule has 0 fully saturated rings. The van der Waals surface area contributed by atoms with E-state index in [2.05, 4.69) is 5.32 Å². The van der Waals surface area contributed by atoms with Gasteiger partial charge in [0.1, 0.15) is 5.75 Å². The molecule has 17 heavy (non-hydrogen) atoms. The fourth-order valence-electron chi connectivity index (χ4n) is 1.32. The predicted octanol–water partition coefficient (Wildman–Crippen LogP) is 1.31. The summed E-state index contributed by atoms with van der Waals surface area (Å²) in [7, 11) is 0. The average molecular weight is 258 g/mol. The number of benzene rings is 1. The number of ether oxygens (including phenoxy) is 1. The van der Waals surface area contributed by atoms with E-state index < -0.39 is 0 Å². The Kier molecular flexibility index (Phi) is 6.43. The number of carbonyl (C=O) groups is 1. The maximum Gasteiger partial charge on any atom is 0.224 e. The summed E-state index contributed by atoms with van der Waals surface area (Å²) in [6.07, 6.45) is 0.169. The third-order valence-corrected chi connectivity index (χ3v) is 2.29. The monoisotopic (exact) mass is 257 g/mol. The van der Waals surface area contributed by atoms with Crippen LogP contribution in [0.1, 0.15) is 5.56 Å². The molecule has 1 rings (SSSR count). The van der Waals surface area contributed by atoms with Crippen molar-refractivity contribution in [2.75, 3.05) is 25.6 Å². The van der Waals surface area contributed by atoms with Gasteiger partial charge < -0.3 is 15.2 Å². The lowest BCUT2D eigenvalue weighted by Gasteiger charge is -2.06. The highest BCUT2D eigenvalue weighted by atomic mass is 35.5. The topological polar surface area (TPSA) is 58.6 Å². The third-order valence-electron chi connectivity index (χ3n) is 2.13. The van der Waals surface area contributed by atoms with E-state index in [1.54, 1.807) is 24.3 Å². The normalized spacial score (nSPS) is 10.2. The SMILES string of the molecule is O=C(Cc1ccccc1O)NCCOCCCl. The number of nitrogens with one attached hydrogen (secondary N) is 1. The van der Waals surface area contributed by atoms with E-state index >= 15 is 0 Å². The van der Waals surface area contributed by atoms with Gasteiger partial charge in [0.15, 0.2) is 0 Å². The van der Waals surface area contributed by atoms with Crippen LogP contribution in [0.5, 0.6) is 5.75 Å². The predicted molar refractivity (Wildman–Crippen MR) is 66.4 cm³/mol. The van der Waals surface area contributed by atoms with E-state index in [1.165, 1.54) is 0 Å². The Morgan fingerprint density at radius 2 is 2.12 bits per heavy atom. The van der Waals surface area contributed by atoms with Crippen molar-refractivity contribution in [3.05, 3.63) is 29.8 Å². The van der Waals surface area contributed by atoms with Gasteiger partial charge in [0.25, 0.3) is 0 Å². The summed E-state index contributed by atoms with van der Waals surface area (Å²) in [4.78, 5) is 11.5. The highest BCUT2D eigenvalue weighted by Gasteiger charge is 2.05. The summed E-state index contributed by atoms with van der Waals surface area (Å²) in [5.74, 6) is 0.452. The van der Waals surface area contributed by atoms with Crippen LogP contribution in [0, 0.1) is 0 Å². The Balaban J connectivity index is 2.23. The number of carbonyl (C=O) groups excluding carboxylic acids is 1. The smallest absolute Gasteiger partial charge is 0.224 e. The molecule has 0 heterocycles. The fraction of sp³-hybridized carbons (Fsp3) is 0.417. The summed E-state index contributed by atoms with van der Waals surface area (Å²) in [6.45, 7) is 1.37. The molecule has 1 aromatic rings. The first-order chi connectivity index (χ1) is 8.24. The van der Waals surface area contributed by atoms with E-state index in [-0.39, 0.29) is 18.1 Å². The van der Waals surface area contributed by atoms with Crippen LogP contribution in [0.2, 0.25) is 0 Å². The molecule has 1 amide bonds. The number of phenolic OH excluding ortho intramolecular Hbond substituents is 1. The molecule has 5 heteroatoms. The molecule has 0 aliphatic heterocycles. The van der Waals surface area contributed by atoms with E-state index in [0.717, 1.165) is 0 Å². The van der Waals surface area contributed by atoms with Gasteiger partial charge in [-0.15, -0.1) is 11.6 Å². The molecule has 0 bridgehead atoms. The summed E-state index contributed by atoms with van der Waals surface area (Å²) >= 11 is 5.43. The summed E-state index contributed by atoms with van der Waals surface area (Å²) < 4.78 is 5.11. The van der Waals surface area contributed by atoms with Crippen molar-refractivity contribution in [2.45, 2.75) is 6.42 Å². The number of aromatic hydroxyl groups is 1. The van der Waals surface area contributed by atoms with Gasteiger partial charge in [0, 0.05) is 18.0 Å². The van der Waals surface area contributed by atoms with Crippen molar-refractivity contribution in [3.63, 3.8) is 0 Å². The van der Waals surface area contributed by atoms with Gasteiger partial charge in [-0.3, -0.25) is 4.79 Å². The molecule has 0 saturated heterocycles. The van der Waals surface area contributed by atoms with Crippen molar-refractivity contribution in [3.8, 4) is 5.75 Å². The minimum Gasteiger partial charge on any atom is -0.508 e. The molecule has 1 aromatic carbocycles. The Morgan fingerprint density at radius 3 is 2.82 bits per heavy atom. The van der Waals surface area contributed by atoms with Gasteiger partial charge in [-0.05, 0) is 6.07 Å². The Hall–Kier alpha value is -1.26.